The number of nitrogens with zero attached hydrogens (tertiary/aromatic N) is 1. The van der Waals surface area contributed by atoms with Crippen molar-refractivity contribution in [3.8, 4) is 0 Å². The highest BCUT2D eigenvalue weighted by atomic mass is 79.9. The molecule has 1 atom stereocenters. The van der Waals surface area contributed by atoms with Crippen LogP contribution in [0.15, 0.2) is 28.9 Å². The van der Waals surface area contributed by atoms with Crippen molar-refractivity contribution in [2.75, 3.05) is 13.1 Å². The number of carboxylic acid groups (broad SMARTS) is 1. The molecule has 0 bridgehead atoms. The lowest BCUT2D eigenvalue weighted by Gasteiger charge is -2.23. The summed E-state index contributed by atoms with van der Waals surface area (Å²) in [5, 5.41) is 10.7. The van der Waals surface area contributed by atoms with Gasteiger partial charge >= 0.3 is 5.97 Å². The molecule has 0 saturated carbocycles. The Morgan fingerprint density at radius 2 is 2.33 bits per heavy atom. The number of hydrogen-bond donors (Lipinski definition) is 2. The third-order valence-corrected chi connectivity index (χ3v) is 5.18. The van der Waals surface area contributed by atoms with Gasteiger partial charge in [-0.2, -0.15) is 0 Å². The fourth-order valence-corrected chi connectivity index (χ4v) is 3.59. The molecule has 0 aliphatic carbocycles. The normalized spacial score (nSPS) is 23.0. The van der Waals surface area contributed by atoms with Gasteiger partial charge in [-0.3, -0.25) is 9.69 Å². The fourth-order valence-electron chi connectivity index (χ4n) is 3.23. The number of aliphatic carboxylic acids is 1. The molecule has 112 valence electrons. The first-order valence-corrected chi connectivity index (χ1v) is 8.05. The number of aromatic nitrogens is 1. The summed E-state index contributed by atoms with van der Waals surface area (Å²) in [5.41, 5.74) is 1.78. The molecule has 1 saturated heterocycles. The van der Waals surface area contributed by atoms with E-state index in [9.17, 15) is 9.90 Å². The third-order valence-electron chi connectivity index (χ3n) is 4.69. The molecule has 1 aliphatic rings. The molecule has 1 aromatic heterocycles. The van der Waals surface area contributed by atoms with Crippen molar-refractivity contribution in [2.45, 2.75) is 26.3 Å². The van der Waals surface area contributed by atoms with Gasteiger partial charge in [0.05, 0.1) is 5.41 Å². The molecule has 2 N–H and O–H groups in total. The Kier molecular flexibility index (Phi) is 3.80. The van der Waals surface area contributed by atoms with Gasteiger partial charge in [0.15, 0.2) is 0 Å². The zero-order valence-electron chi connectivity index (χ0n) is 12.0. The van der Waals surface area contributed by atoms with Gasteiger partial charge in [0.2, 0.25) is 0 Å². The Morgan fingerprint density at radius 3 is 3.00 bits per heavy atom. The number of rotatable bonds is 4. The predicted molar refractivity (Wildman–Crippen MR) is 86.3 cm³/mol. The average Bonchev–Trinajstić information content (AvgIpc) is 3.05. The van der Waals surface area contributed by atoms with E-state index in [1.165, 1.54) is 10.9 Å². The predicted octanol–water partition coefficient (Wildman–Crippen LogP) is 3.62. The Hall–Kier alpha value is -1.33. The number of H-pyrrole nitrogens is 1. The topological polar surface area (TPSA) is 56.3 Å². The van der Waals surface area contributed by atoms with Crippen LogP contribution in [-0.2, 0) is 11.3 Å². The highest BCUT2D eigenvalue weighted by Gasteiger charge is 2.43. The van der Waals surface area contributed by atoms with Crippen LogP contribution in [0.3, 0.4) is 0 Å². The van der Waals surface area contributed by atoms with Crippen LogP contribution in [-0.4, -0.2) is 34.0 Å². The third kappa shape index (κ3) is 2.60. The van der Waals surface area contributed by atoms with Crippen LogP contribution in [0.25, 0.3) is 10.9 Å². The van der Waals surface area contributed by atoms with Crippen LogP contribution in [0.5, 0.6) is 0 Å². The van der Waals surface area contributed by atoms with Crippen molar-refractivity contribution >= 4 is 32.8 Å². The highest BCUT2D eigenvalue weighted by Crippen LogP contribution is 2.35. The zero-order chi connectivity index (χ0) is 15.0. The van der Waals surface area contributed by atoms with Gasteiger partial charge in [0.1, 0.15) is 0 Å². The number of aromatic amines is 1. The van der Waals surface area contributed by atoms with Gasteiger partial charge in [0, 0.05) is 34.7 Å². The number of carboxylic acids is 1. The summed E-state index contributed by atoms with van der Waals surface area (Å²) in [6.07, 6.45) is 3.47. The molecule has 0 amide bonds. The molecule has 2 heterocycles. The summed E-state index contributed by atoms with van der Waals surface area (Å²) in [6.45, 7) is 4.26. The number of nitrogens with one attached hydrogen (secondary N) is 1. The van der Waals surface area contributed by atoms with Gasteiger partial charge in [0.25, 0.3) is 0 Å². The average molecular weight is 351 g/mol. The van der Waals surface area contributed by atoms with E-state index in [2.05, 4.69) is 37.9 Å². The van der Waals surface area contributed by atoms with E-state index in [1.54, 1.807) is 0 Å². The molecule has 2 aromatic rings. The van der Waals surface area contributed by atoms with E-state index in [0.717, 1.165) is 29.5 Å². The molecule has 1 unspecified atom stereocenters. The summed E-state index contributed by atoms with van der Waals surface area (Å²) in [5.74, 6) is -0.658. The first kappa shape index (κ1) is 14.6. The second-order valence-corrected chi connectivity index (χ2v) is 6.82. The minimum Gasteiger partial charge on any atom is -0.481 e. The number of halogens is 1. The first-order valence-electron chi connectivity index (χ1n) is 7.25. The number of fused-ring (bicyclic) bond motifs is 1. The quantitative estimate of drug-likeness (QED) is 0.885. The van der Waals surface area contributed by atoms with Gasteiger partial charge < -0.3 is 10.1 Å². The minimum absolute atomic E-state index is 0.563. The van der Waals surface area contributed by atoms with E-state index in [1.807, 2.05) is 19.2 Å². The van der Waals surface area contributed by atoms with Crippen molar-refractivity contribution in [3.05, 3.63) is 34.4 Å². The highest BCUT2D eigenvalue weighted by molar-refractivity contribution is 9.10. The Labute approximate surface area is 132 Å². The molecular weight excluding hydrogens is 332 g/mol. The summed E-state index contributed by atoms with van der Waals surface area (Å²) in [4.78, 5) is 17.1. The van der Waals surface area contributed by atoms with Crippen molar-refractivity contribution in [1.82, 2.24) is 9.88 Å². The maximum absolute atomic E-state index is 11.5. The minimum atomic E-state index is -0.658. The molecule has 0 radical (unpaired) electrons. The largest absolute Gasteiger partial charge is 0.481 e. The lowest BCUT2D eigenvalue weighted by molar-refractivity contribution is -0.148. The van der Waals surface area contributed by atoms with E-state index < -0.39 is 11.4 Å². The number of likely N-dealkylation sites (tertiary alicyclic amines) is 1. The number of carbonyl (C=O) groups is 1. The molecule has 1 fully saturated rings. The maximum atomic E-state index is 11.5. The number of hydrogen-bond acceptors (Lipinski definition) is 2. The van der Waals surface area contributed by atoms with Crippen LogP contribution in [0.4, 0.5) is 0 Å². The van der Waals surface area contributed by atoms with Gasteiger partial charge in [-0.25, -0.2) is 0 Å². The summed E-state index contributed by atoms with van der Waals surface area (Å²) in [6, 6.07) is 6.19. The van der Waals surface area contributed by atoms with Crippen LogP contribution < -0.4 is 0 Å². The van der Waals surface area contributed by atoms with Gasteiger partial charge in [-0.1, -0.05) is 22.9 Å². The van der Waals surface area contributed by atoms with Crippen molar-refractivity contribution < 1.29 is 9.90 Å². The van der Waals surface area contributed by atoms with Crippen LogP contribution in [0.2, 0.25) is 0 Å². The maximum Gasteiger partial charge on any atom is 0.310 e. The SMILES string of the molecule is CCC1(C(=O)O)CCN(Cc2c[nH]c3ccc(Br)cc23)C1. The lowest BCUT2D eigenvalue weighted by Crippen LogP contribution is -2.33. The second kappa shape index (κ2) is 5.46. The molecule has 4 nitrogen and oxygen atoms in total. The summed E-state index contributed by atoms with van der Waals surface area (Å²) < 4.78 is 1.06. The molecular formula is C16H19BrN2O2. The van der Waals surface area contributed by atoms with Crippen molar-refractivity contribution in [3.63, 3.8) is 0 Å². The Bertz CT molecular complexity index is 682. The van der Waals surface area contributed by atoms with E-state index in [4.69, 9.17) is 0 Å². The zero-order valence-corrected chi connectivity index (χ0v) is 13.6. The molecule has 21 heavy (non-hydrogen) atoms. The fraction of sp³-hybridized carbons (Fsp3) is 0.438. The summed E-state index contributed by atoms with van der Waals surface area (Å²) in [7, 11) is 0. The van der Waals surface area contributed by atoms with Crippen molar-refractivity contribution in [2.24, 2.45) is 5.41 Å². The smallest absolute Gasteiger partial charge is 0.310 e. The van der Waals surface area contributed by atoms with Crippen molar-refractivity contribution in [1.29, 1.82) is 0 Å². The molecule has 5 heteroatoms. The van der Waals surface area contributed by atoms with E-state index >= 15 is 0 Å². The lowest BCUT2D eigenvalue weighted by atomic mass is 9.84. The molecule has 1 aromatic carbocycles. The monoisotopic (exact) mass is 350 g/mol. The second-order valence-electron chi connectivity index (χ2n) is 5.90. The van der Waals surface area contributed by atoms with E-state index in [0.29, 0.717) is 13.0 Å². The van der Waals surface area contributed by atoms with Gasteiger partial charge in [-0.05, 0) is 43.1 Å². The molecule has 3 rings (SSSR count). The van der Waals surface area contributed by atoms with Gasteiger partial charge in [-0.15, -0.1) is 0 Å². The Balaban J connectivity index is 1.81. The Morgan fingerprint density at radius 1 is 1.52 bits per heavy atom. The van der Waals surface area contributed by atoms with Crippen LogP contribution in [0, 0.1) is 5.41 Å². The van der Waals surface area contributed by atoms with E-state index in [-0.39, 0.29) is 0 Å². The van der Waals surface area contributed by atoms with Crippen LogP contribution >= 0.6 is 15.9 Å². The summed E-state index contributed by atoms with van der Waals surface area (Å²) >= 11 is 3.51. The standard InChI is InChI=1S/C16H19BrN2O2/c1-2-16(15(20)21)5-6-19(10-16)9-11-8-18-14-4-3-12(17)7-13(11)14/h3-4,7-8,18H,2,5-6,9-10H2,1H3,(H,20,21). The number of benzene rings is 1. The molecule has 1 aliphatic heterocycles. The molecule has 0 spiro atoms. The van der Waals surface area contributed by atoms with Crippen LogP contribution in [0.1, 0.15) is 25.3 Å². The first-order chi connectivity index (χ1) is 10.0.